The van der Waals surface area contributed by atoms with Gasteiger partial charge >= 0.3 is 0 Å². The van der Waals surface area contributed by atoms with Crippen molar-refractivity contribution in [3.8, 4) is 0 Å². The average Bonchev–Trinajstić information content (AvgIpc) is 3.24. The molecule has 3 rings (SSSR count). The number of carbonyl (C=O) groups excluding carboxylic acids is 1. The van der Waals surface area contributed by atoms with Gasteiger partial charge in [0.05, 0.1) is 18.9 Å². The molecule has 1 saturated heterocycles. The monoisotopic (exact) mass is 233 g/mol. The van der Waals surface area contributed by atoms with Crippen molar-refractivity contribution < 1.29 is 9.53 Å². The van der Waals surface area contributed by atoms with E-state index in [0.717, 1.165) is 5.69 Å². The molecule has 0 unspecified atom stereocenters. The Bertz CT molecular complexity index is 408. The van der Waals surface area contributed by atoms with Gasteiger partial charge in [-0.3, -0.25) is 4.79 Å². The number of hydrogen-bond acceptors (Lipinski definition) is 4. The fraction of sp³-hybridized carbons (Fsp3) is 0.583. The molecule has 2 aliphatic rings. The zero-order chi connectivity index (χ0) is 11.7. The number of rotatable bonds is 2. The minimum atomic E-state index is -0.0388. The highest BCUT2D eigenvalue weighted by atomic mass is 16.5. The maximum Gasteiger partial charge on any atom is 0.274 e. The maximum absolute atomic E-state index is 12.1. The summed E-state index contributed by atoms with van der Waals surface area (Å²) >= 11 is 0. The molecule has 5 nitrogen and oxygen atoms in total. The third kappa shape index (κ3) is 2.29. The Morgan fingerprint density at radius 3 is 2.59 bits per heavy atom. The summed E-state index contributed by atoms with van der Waals surface area (Å²) in [7, 11) is 0. The molecule has 0 atom stereocenters. The SMILES string of the molecule is O=C(c1ccc(C2CC2)nn1)N1CCOCC1. The van der Waals surface area contributed by atoms with Crippen LogP contribution in [0, 0.1) is 0 Å². The zero-order valence-electron chi connectivity index (χ0n) is 9.63. The maximum atomic E-state index is 12.1. The average molecular weight is 233 g/mol. The van der Waals surface area contributed by atoms with Crippen LogP contribution >= 0.6 is 0 Å². The van der Waals surface area contributed by atoms with Crippen LogP contribution in [0.4, 0.5) is 0 Å². The molecule has 0 radical (unpaired) electrons. The molecule has 1 aliphatic carbocycles. The summed E-state index contributed by atoms with van der Waals surface area (Å²) in [6.45, 7) is 2.51. The van der Waals surface area contributed by atoms with Crippen molar-refractivity contribution >= 4 is 5.91 Å². The van der Waals surface area contributed by atoms with Gasteiger partial charge in [0.1, 0.15) is 0 Å². The van der Waals surface area contributed by atoms with Crippen molar-refractivity contribution in [1.29, 1.82) is 0 Å². The van der Waals surface area contributed by atoms with Crippen molar-refractivity contribution in [3.05, 3.63) is 23.5 Å². The van der Waals surface area contributed by atoms with E-state index in [9.17, 15) is 4.79 Å². The summed E-state index contributed by atoms with van der Waals surface area (Å²) in [5.74, 6) is 0.540. The first-order chi connectivity index (χ1) is 8.34. The van der Waals surface area contributed by atoms with Gasteiger partial charge in [0.25, 0.3) is 5.91 Å². The topological polar surface area (TPSA) is 55.3 Å². The van der Waals surface area contributed by atoms with Crippen LogP contribution in [-0.4, -0.2) is 47.3 Å². The molecular weight excluding hydrogens is 218 g/mol. The van der Waals surface area contributed by atoms with Crippen LogP contribution in [0.2, 0.25) is 0 Å². The van der Waals surface area contributed by atoms with E-state index >= 15 is 0 Å². The third-order valence-corrected chi connectivity index (χ3v) is 3.20. The van der Waals surface area contributed by atoms with Gasteiger partial charge in [-0.2, -0.15) is 5.10 Å². The highest BCUT2D eigenvalue weighted by Gasteiger charge is 2.26. The minimum absolute atomic E-state index is 0.0388. The van der Waals surface area contributed by atoms with Crippen LogP contribution in [0.3, 0.4) is 0 Å². The van der Waals surface area contributed by atoms with Gasteiger partial charge < -0.3 is 9.64 Å². The molecule has 0 bridgehead atoms. The highest BCUT2D eigenvalue weighted by Crippen LogP contribution is 2.38. The number of ether oxygens (including phenoxy) is 1. The first kappa shape index (κ1) is 10.7. The summed E-state index contributed by atoms with van der Waals surface area (Å²) in [6, 6.07) is 3.72. The summed E-state index contributed by atoms with van der Waals surface area (Å²) in [5, 5.41) is 8.16. The van der Waals surface area contributed by atoms with Crippen molar-refractivity contribution in [1.82, 2.24) is 15.1 Å². The van der Waals surface area contributed by atoms with Crippen molar-refractivity contribution in [2.75, 3.05) is 26.3 Å². The standard InChI is InChI=1S/C12H15N3O2/c16-12(15-5-7-17-8-6-15)11-4-3-10(13-14-11)9-1-2-9/h3-4,9H,1-2,5-8H2. The number of morpholine rings is 1. The molecule has 0 spiro atoms. The molecule has 90 valence electrons. The van der Waals surface area contributed by atoms with E-state index in [1.165, 1.54) is 12.8 Å². The van der Waals surface area contributed by atoms with Crippen molar-refractivity contribution in [3.63, 3.8) is 0 Å². The van der Waals surface area contributed by atoms with E-state index in [4.69, 9.17) is 4.74 Å². The molecule has 17 heavy (non-hydrogen) atoms. The largest absolute Gasteiger partial charge is 0.378 e. The summed E-state index contributed by atoms with van der Waals surface area (Å²) < 4.78 is 5.21. The van der Waals surface area contributed by atoms with Gasteiger partial charge in [0, 0.05) is 19.0 Å². The molecule has 1 amide bonds. The molecular formula is C12H15N3O2. The fourth-order valence-corrected chi connectivity index (χ4v) is 1.98. The lowest BCUT2D eigenvalue weighted by Gasteiger charge is -2.26. The predicted octanol–water partition coefficient (Wildman–Crippen LogP) is 0.826. The zero-order valence-corrected chi connectivity index (χ0v) is 9.63. The van der Waals surface area contributed by atoms with Crippen molar-refractivity contribution in [2.24, 2.45) is 0 Å². The lowest BCUT2D eigenvalue weighted by atomic mass is 10.2. The lowest BCUT2D eigenvalue weighted by molar-refractivity contribution is 0.0298. The van der Waals surface area contributed by atoms with E-state index in [0.29, 0.717) is 37.9 Å². The Balaban J connectivity index is 1.71. The molecule has 1 aromatic heterocycles. The first-order valence-electron chi connectivity index (χ1n) is 6.05. The number of aromatic nitrogens is 2. The molecule has 5 heteroatoms. The number of nitrogens with zero attached hydrogens (tertiary/aromatic N) is 3. The summed E-state index contributed by atoms with van der Waals surface area (Å²) in [4.78, 5) is 13.8. The second-order valence-corrected chi connectivity index (χ2v) is 4.52. The Labute approximate surface area is 99.8 Å². The van der Waals surface area contributed by atoms with E-state index in [1.807, 2.05) is 6.07 Å². The predicted molar refractivity (Wildman–Crippen MR) is 60.7 cm³/mol. The first-order valence-corrected chi connectivity index (χ1v) is 6.05. The quantitative estimate of drug-likeness (QED) is 0.759. The fourth-order valence-electron chi connectivity index (χ4n) is 1.98. The Hall–Kier alpha value is -1.49. The molecule has 0 N–H and O–H groups in total. The van der Waals surface area contributed by atoms with E-state index < -0.39 is 0 Å². The Morgan fingerprint density at radius 2 is 2.00 bits per heavy atom. The van der Waals surface area contributed by atoms with Gasteiger partial charge in [0.15, 0.2) is 5.69 Å². The van der Waals surface area contributed by atoms with E-state index in [-0.39, 0.29) is 5.91 Å². The van der Waals surface area contributed by atoms with E-state index in [1.54, 1.807) is 11.0 Å². The normalized spacial score (nSPS) is 20.4. The smallest absolute Gasteiger partial charge is 0.274 e. The molecule has 2 fully saturated rings. The van der Waals surface area contributed by atoms with Gasteiger partial charge in [-0.15, -0.1) is 5.10 Å². The summed E-state index contributed by atoms with van der Waals surface area (Å²) in [6.07, 6.45) is 2.40. The van der Waals surface area contributed by atoms with Gasteiger partial charge in [-0.05, 0) is 25.0 Å². The van der Waals surface area contributed by atoms with Gasteiger partial charge in [-0.1, -0.05) is 0 Å². The van der Waals surface area contributed by atoms with Crippen LogP contribution in [0.1, 0.15) is 34.9 Å². The number of carbonyl (C=O) groups is 1. The van der Waals surface area contributed by atoms with Gasteiger partial charge in [0.2, 0.25) is 0 Å². The lowest BCUT2D eigenvalue weighted by Crippen LogP contribution is -2.41. The molecule has 2 heterocycles. The van der Waals surface area contributed by atoms with Crippen LogP contribution in [0.15, 0.2) is 12.1 Å². The second-order valence-electron chi connectivity index (χ2n) is 4.52. The van der Waals surface area contributed by atoms with Crippen LogP contribution in [-0.2, 0) is 4.74 Å². The summed E-state index contributed by atoms with van der Waals surface area (Å²) in [5.41, 5.74) is 1.46. The molecule has 0 aromatic carbocycles. The third-order valence-electron chi connectivity index (χ3n) is 3.20. The Kier molecular flexibility index (Phi) is 2.76. The minimum Gasteiger partial charge on any atom is -0.378 e. The number of amides is 1. The second kappa shape index (κ2) is 4.41. The van der Waals surface area contributed by atoms with Crippen LogP contribution < -0.4 is 0 Å². The van der Waals surface area contributed by atoms with E-state index in [2.05, 4.69) is 10.2 Å². The number of hydrogen-bond donors (Lipinski definition) is 0. The van der Waals surface area contributed by atoms with Gasteiger partial charge in [-0.25, -0.2) is 0 Å². The molecule has 1 saturated carbocycles. The van der Waals surface area contributed by atoms with Crippen LogP contribution in [0.25, 0.3) is 0 Å². The van der Waals surface area contributed by atoms with Crippen molar-refractivity contribution in [2.45, 2.75) is 18.8 Å². The van der Waals surface area contributed by atoms with Crippen LogP contribution in [0.5, 0.6) is 0 Å². The highest BCUT2D eigenvalue weighted by molar-refractivity contribution is 5.92. The molecule has 1 aliphatic heterocycles. The molecule has 1 aromatic rings. The Morgan fingerprint density at radius 1 is 1.24 bits per heavy atom.